The van der Waals surface area contributed by atoms with Gasteiger partial charge >= 0.3 is 0 Å². The third kappa shape index (κ3) is 6.02. The number of hydrogen-bond acceptors (Lipinski definition) is 3. The minimum atomic E-state index is -3.48. The van der Waals surface area contributed by atoms with Gasteiger partial charge in [0.05, 0.1) is 24.5 Å². The molecule has 0 aliphatic rings. The maximum absolute atomic E-state index is 12.9. The Morgan fingerprint density at radius 3 is 2.21 bits per heavy atom. The van der Waals surface area contributed by atoms with Gasteiger partial charge < -0.3 is 5.32 Å². The molecule has 174 valence electrons. The molecule has 0 saturated carbocycles. The molecular weight excluding hydrogens is 432 g/mol. The zero-order chi connectivity index (χ0) is 24.2. The standard InChI is InChI=1S/C27H32N2O3S/c1-6-25(24-10-8-7-9-20(24)3)28-27(30)23-15-13-22(14-16-23)18-29(33(5,31)32)26-17-19(2)11-12-21(26)4/h7-17,25H,6,18H2,1-5H3,(H,28,30)/t25-/m1/s1. The molecular formula is C27H32N2O3S. The number of amides is 1. The highest BCUT2D eigenvalue weighted by molar-refractivity contribution is 7.92. The molecule has 33 heavy (non-hydrogen) atoms. The predicted molar refractivity (Wildman–Crippen MR) is 135 cm³/mol. The van der Waals surface area contributed by atoms with Crippen LogP contribution in [0.5, 0.6) is 0 Å². The molecule has 0 unspecified atom stereocenters. The molecule has 0 aliphatic heterocycles. The molecule has 0 radical (unpaired) electrons. The van der Waals surface area contributed by atoms with Crippen LogP contribution in [0.1, 0.15) is 57.6 Å². The van der Waals surface area contributed by atoms with Crippen molar-refractivity contribution in [3.05, 3.63) is 100 Å². The summed E-state index contributed by atoms with van der Waals surface area (Å²) in [5.74, 6) is -0.147. The van der Waals surface area contributed by atoms with Crippen molar-refractivity contribution in [3.63, 3.8) is 0 Å². The van der Waals surface area contributed by atoms with Gasteiger partial charge in [-0.15, -0.1) is 0 Å². The van der Waals surface area contributed by atoms with Gasteiger partial charge in [-0.05, 0) is 73.2 Å². The van der Waals surface area contributed by atoms with Crippen LogP contribution < -0.4 is 9.62 Å². The predicted octanol–water partition coefficient (Wildman–Crippen LogP) is 5.46. The monoisotopic (exact) mass is 464 g/mol. The molecule has 1 atom stereocenters. The smallest absolute Gasteiger partial charge is 0.251 e. The summed E-state index contributed by atoms with van der Waals surface area (Å²) in [5.41, 5.74) is 6.17. The number of nitrogens with zero attached hydrogens (tertiary/aromatic N) is 1. The molecule has 6 heteroatoms. The van der Waals surface area contributed by atoms with E-state index < -0.39 is 10.0 Å². The van der Waals surface area contributed by atoms with Crippen molar-refractivity contribution < 1.29 is 13.2 Å². The zero-order valence-corrected chi connectivity index (χ0v) is 20.7. The lowest BCUT2D eigenvalue weighted by Crippen LogP contribution is -2.30. The van der Waals surface area contributed by atoms with Crippen LogP contribution in [0, 0.1) is 20.8 Å². The number of carbonyl (C=O) groups excluding carboxylic acids is 1. The van der Waals surface area contributed by atoms with Gasteiger partial charge in [0, 0.05) is 5.56 Å². The first-order valence-electron chi connectivity index (χ1n) is 11.1. The van der Waals surface area contributed by atoms with E-state index in [-0.39, 0.29) is 18.5 Å². The largest absolute Gasteiger partial charge is 0.345 e. The topological polar surface area (TPSA) is 66.5 Å². The zero-order valence-electron chi connectivity index (χ0n) is 19.9. The van der Waals surface area contributed by atoms with Crippen molar-refractivity contribution in [1.82, 2.24) is 5.32 Å². The first-order valence-corrected chi connectivity index (χ1v) is 12.9. The number of rotatable bonds is 8. The van der Waals surface area contributed by atoms with Crippen LogP contribution in [0.25, 0.3) is 0 Å². The highest BCUT2D eigenvalue weighted by atomic mass is 32.2. The summed E-state index contributed by atoms with van der Waals surface area (Å²) >= 11 is 0. The SMILES string of the molecule is CC[C@@H](NC(=O)c1ccc(CN(c2cc(C)ccc2C)S(C)(=O)=O)cc1)c1ccccc1C. The number of carbonyl (C=O) groups is 1. The molecule has 3 rings (SSSR count). The second kappa shape index (κ2) is 10.2. The fourth-order valence-electron chi connectivity index (χ4n) is 3.92. The normalized spacial score (nSPS) is 12.3. The van der Waals surface area contributed by atoms with Crippen molar-refractivity contribution in [2.24, 2.45) is 0 Å². The average Bonchev–Trinajstić information content (AvgIpc) is 2.77. The van der Waals surface area contributed by atoms with Crippen molar-refractivity contribution >= 4 is 21.6 Å². The van der Waals surface area contributed by atoms with E-state index in [1.807, 2.05) is 82.3 Å². The van der Waals surface area contributed by atoms with Crippen LogP contribution in [0.4, 0.5) is 5.69 Å². The molecule has 0 spiro atoms. The van der Waals surface area contributed by atoms with Gasteiger partial charge in [0.2, 0.25) is 10.0 Å². The molecule has 0 bridgehead atoms. The third-order valence-electron chi connectivity index (χ3n) is 5.85. The van der Waals surface area contributed by atoms with E-state index >= 15 is 0 Å². The van der Waals surface area contributed by atoms with Crippen molar-refractivity contribution in [2.45, 2.75) is 46.7 Å². The molecule has 0 heterocycles. The summed E-state index contributed by atoms with van der Waals surface area (Å²) in [4.78, 5) is 12.9. The summed E-state index contributed by atoms with van der Waals surface area (Å²) in [5, 5.41) is 3.12. The lowest BCUT2D eigenvalue weighted by Gasteiger charge is -2.25. The van der Waals surface area contributed by atoms with E-state index in [0.29, 0.717) is 11.3 Å². The lowest BCUT2D eigenvalue weighted by molar-refractivity contribution is 0.0935. The van der Waals surface area contributed by atoms with Crippen LogP contribution in [-0.4, -0.2) is 20.6 Å². The molecule has 0 saturated heterocycles. The number of sulfonamides is 1. The minimum Gasteiger partial charge on any atom is -0.345 e. The molecule has 3 aromatic rings. The summed E-state index contributed by atoms with van der Waals surface area (Å²) in [6, 6.07) is 20.9. The molecule has 1 N–H and O–H groups in total. The number of nitrogens with one attached hydrogen (secondary N) is 1. The summed E-state index contributed by atoms with van der Waals surface area (Å²) in [6.07, 6.45) is 2.00. The van der Waals surface area contributed by atoms with Crippen LogP contribution in [0.15, 0.2) is 66.7 Å². The van der Waals surface area contributed by atoms with E-state index in [4.69, 9.17) is 0 Å². The van der Waals surface area contributed by atoms with E-state index in [9.17, 15) is 13.2 Å². The van der Waals surface area contributed by atoms with Gasteiger partial charge in [-0.3, -0.25) is 9.10 Å². The Morgan fingerprint density at radius 2 is 1.61 bits per heavy atom. The highest BCUT2D eigenvalue weighted by Crippen LogP contribution is 2.26. The van der Waals surface area contributed by atoms with E-state index in [1.165, 1.54) is 10.6 Å². The second-order valence-electron chi connectivity index (χ2n) is 8.55. The van der Waals surface area contributed by atoms with Gasteiger partial charge in [0.1, 0.15) is 0 Å². The maximum atomic E-state index is 12.9. The van der Waals surface area contributed by atoms with Crippen molar-refractivity contribution in [1.29, 1.82) is 0 Å². The van der Waals surface area contributed by atoms with E-state index in [1.54, 1.807) is 12.1 Å². The van der Waals surface area contributed by atoms with Crippen molar-refractivity contribution in [2.75, 3.05) is 10.6 Å². The lowest BCUT2D eigenvalue weighted by atomic mass is 9.99. The van der Waals surface area contributed by atoms with Crippen LogP contribution >= 0.6 is 0 Å². The van der Waals surface area contributed by atoms with Gasteiger partial charge in [0.25, 0.3) is 5.91 Å². The Hall–Kier alpha value is -3.12. The quantitative estimate of drug-likeness (QED) is 0.481. The molecule has 3 aromatic carbocycles. The van der Waals surface area contributed by atoms with Gasteiger partial charge in [-0.25, -0.2) is 8.42 Å². The van der Waals surface area contributed by atoms with Gasteiger partial charge in [-0.2, -0.15) is 0 Å². The van der Waals surface area contributed by atoms with E-state index in [2.05, 4.69) is 5.32 Å². The number of benzene rings is 3. The van der Waals surface area contributed by atoms with Crippen LogP contribution in [0.3, 0.4) is 0 Å². The van der Waals surface area contributed by atoms with Crippen LogP contribution in [0.2, 0.25) is 0 Å². The van der Waals surface area contributed by atoms with E-state index in [0.717, 1.165) is 34.2 Å². The number of hydrogen-bond donors (Lipinski definition) is 1. The van der Waals surface area contributed by atoms with Crippen molar-refractivity contribution in [3.8, 4) is 0 Å². The Labute approximate surface area is 197 Å². The minimum absolute atomic E-state index is 0.0663. The molecule has 0 aliphatic carbocycles. The Kier molecular flexibility index (Phi) is 7.59. The molecule has 0 aromatic heterocycles. The molecule has 5 nitrogen and oxygen atoms in total. The first-order chi connectivity index (χ1) is 15.6. The summed E-state index contributed by atoms with van der Waals surface area (Å²) in [7, 11) is -3.48. The molecule has 1 amide bonds. The fourth-order valence-corrected chi connectivity index (χ4v) is 4.85. The van der Waals surface area contributed by atoms with Crippen LogP contribution in [-0.2, 0) is 16.6 Å². The third-order valence-corrected chi connectivity index (χ3v) is 6.98. The number of anilines is 1. The summed E-state index contributed by atoms with van der Waals surface area (Å²) in [6.45, 7) is 8.14. The van der Waals surface area contributed by atoms with Gasteiger partial charge in [0.15, 0.2) is 0 Å². The highest BCUT2D eigenvalue weighted by Gasteiger charge is 2.20. The van der Waals surface area contributed by atoms with Gasteiger partial charge in [-0.1, -0.05) is 55.5 Å². The Bertz CT molecular complexity index is 1230. The fraction of sp³-hybridized carbons (Fsp3) is 0.296. The Balaban J connectivity index is 1.79. The maximum Gasteiger partial charge on any atom is 0.251 e. The second-order valence-corrected chi connectivity index (χ2v) is 10.5. The average molecular weight is 465 g/mol. The summed E-state index contributed by atoms with van der Waals surface area (Å²) < 4.78 is 26.5. The Morgan fingerprint density at radius 1 is 0.939 bits per heavy atom. The molecule has 0 fully saturated rings. The number of aryl methyl sites for hydroxylation is 3. The first kappa shape index (κ1) is 24.5.